The second-order valence-electron chi connectivity index (χ2n) is 32.8. The van der Waals surface area contributed by atoms with Gasteiger partial charge in [-0.05, 0) is 407 Å². The van der Waals surface area contributed by atoms with Crippen molar-refractivity contribution >= 4 is 64.6 Å². The Kier molecular flexibility index (Phi) is 18.5. The summed E-state index contributed by atoms with van der Waals surface area (Å²) < 4.78 is 50.2. The number of hydrogen-bond donors (Lipinski definition) is 0. The Morgan fingerprint density at radius 1 is 0.135 bits per heavy atom. The maximum atomic E-state index is 6.38. The highest BCUT2D eigenvalue weighted by molar-refractivity contribution is 6.39. The number of benzene rings is 19. The van der Waals surface area contributed by atoms with Crippen molar-refractivity contribution in [3.05, 3.63) is 303 Å². The molecule has 0 radical (unpaired) electrons. The van der Waals surface area contributed by atoms with E-state index in [0.29, 0.717) is 52.9 Å². The van der Waals surface area contributed by atoms with Crippen LogP contribution in [0.3, 0.4) is 0 Å². The first-order valence-corrected chi connectivity index (χ1v) is 44.6. The lowest BCUT2D eigenvalue weighted by atomic mass is 9.78. The highest BCUT2D eigenvalue weighted by Crippen LogP contribution is 2.69. The maximum absolute atomic E-state index is 6.38. The number of hydrogen-bond acceptors (Lipinski definition) is 8. The molecule has 0 unspecified atom stereocenters. The normalized spacial score (nSPS) is 12.1. The first-order valence-electron chi connectivity index (χ1n) is 44.6. The van der Waals surface area contributed by atoms with Gasteiger partial charge in [-0.15, -0.1) is 0 Å². The lowest BCUT2D eigenvalue weighted by Crippen LogP contribution is -1.98. The molecular weight excluding hydrogens is 1550 g/mol. The molecule has 0 fully saturated rings. The van der Waals surface area contributed by atoms with Crippen molar-refractivity contribution in [1.82, 2.24) is 0 Å². The molecule has 0 aromatic heterocycles. The van der Waals surface area contributed by atoms with Gasteiger partial charge >= 0.3 is 0 Å². The van der Waals surface area contributed by atoms with E-state index < -0.39 is 0 Å². The number of fused-ring (bicyclic) bond motifs is 16. The fourth-order valence-corrected chi connectivity index (χ4v) is 21.6. The molecule has 0 bridgehead atoms. The van der Waals surface area contributed by atoms with Crippen molar-refractivity contribution in [2.75, 3.05) is 52.9 Å². The van der Waals surface area contributed by atoms with Gasteiger partial charge < -0.3 is 37.9 Å². The summed E-state index contributed by atoms with van der Waals surface area (Å²) in [4.78, 5) is 0. The van der Waals surface area contributed by atoms with E-state index in [1.807, 2.05) is 27.7 Å². The standard InChI is InChI=1S/C118H90O8/c1-9-119-75-41-25-67(26-42-75)99-83-21-17-18-22-84(83)100(68-27-43-76(44-28-68)120-10-2)112-88-58-62-92-109-91(61-57-87(107(88)109)111(99)112)115-103(71-33-49-79(50-34-71)123-13-5)95-65-97-98(66-96(95)104(116(92)115)72-35-51-80(52-36-72)124-14-6)106(74-39-55-82(56-40-74)126-16-8)118-94-64-60-90-108-89(59-63-93(110(94)108)117(118)105(97)73-37-53-81(54-38-73)125-15-7)113-101(69-29-45-77(46-30-69)121-11-3)85-23-19-20-24-86(85)102(114(90)113)70-31-47-78(48-32-70)122-12-4/h17-66H,9-16H2,1-8H3. The van der Waals surface area contributed by atoms with Crippen molar-refractivity contribution in [2.45, 2.75) is 55.4 Å². The molecule has 0 atom stereocenters. The first-order chi connectivity index (χ1) is 62.2. The van der Waals surface area contributed by atoms with E-state index >= 15 is 0 Å². The van der Waals surface area contributed by atoms with Gasteiger partial charge in [0.1, 0.15) is 46.0 Å². The van der Waals surface area contributed by atoms with Gasteiger partial charge in [-0.3, -0.25) is 0 Å². The molecule has 0 aliphatic heterocycles. The molecule has 19 aromatic carbocycles. The van der Waals surface area contributed by atoms with Crippen molar-refractivity contribution in [1.29, 1.82) is 0 Å². The largest absolute Gasteiger partial charge is 0.494 e. The predicted octanol–water partition coefficient (Wildman–Crippen LogP) is 31.7. The topological polar surface area (TPSA) is 73.8 Å². The fourth-order valence-electron chi connectivity index (χ4n) is 21.6. The van der Waals surface area contributed by atoms with E-state index in [2.05, 4.69) is 331 Å². The second-order valence-corrected chi connectivity index (χ2v) is 32.8. The summed E-state index contributed by atoms with van der Waals surface area (Å²) >= 11 is 0. The van der Waals surface area contributed by atoms with Crippen LogP contribution in [0.25, 0.3) is 243 Å². The third-order valence-corrected chi connectivity index (χ3v) is 26.3. The Labute approximate surface area is 733 Å². The Bertz CT molecular complexity index is 6800. The summed E-state index contributed by atoms with van der Waals surface area (Å²) in [5, 5.41) is 14.1. The van der Waals surface area contributed by atoms with Crippen LogP contribution in [0.5, 0.6) is 46.0 Å². The number of rotatable bonds is 24. The van der Waals surface area contributed by atoms with Crippen LogP contribution in [-0.2, 0) is 0 Å². The molecule has 8 heteroatoms. The molecule has 19 aromatic rings. The van der Waals surface area contributed by atoms with E-state index in [1.54, 1.807) is 0 Å². The van der Waals surface area contributed by atoms with Crippen LogP contribution in [0.2, 0.25) is 0 Å². The average molecular weight is 1640 g/mol. The van der Waals surface area contributed by atoms with E-state index in [-0.39, 0.29) is 0 Å². The van der Waals surface area contributed by atoms with Crippen LogP contribution in [0, 0.1) is 0 Å². The van der Waals surface area contributed by atoms with Gasteiger partial charge in [0.15, 0.2) is 0 Å². The SMILES string of the molecule is CCOc1ccc(-c2c3c(c(-c4ccc(OCC)cc4)c4ccccc24)-c2ccc4c5c(ccc-3c25)-c2c-4c(-c3ccc(OCC)cc3)c3cc4c(-c5ccc(OCC)cc5)c5c(c(-c6ccc(OCC)cc6)c4cc3c2-c2ccc(OCC)cc2)-c2ccc3c4c(ccc-5c24)-c2c-3c(-c3ccc(OCC)cc3)c3ccccc3c2-c2ccc(OCC)cc2)cc1. The molecule has 610 valence electrons. The lowest BCUT2D eigenvalue weighted by Gasteiger charge is -2.25. The first kappa shape index (κ1) is 76.1. The zero-order valence-corrected chi connectivity index (χ0v) is 71.8. The van der Waals surface area contributed by atoms with Gasteiger partial charge in [0.2, 0.25) is 0 Å². The lowest BCUT2D eigenvalue weighted by molar-refractivity contribution is 0.340. The van der Waals surface area contributed by atoms with Gasteiger partial charge in [0.25, 0.3) is 0 Å². The summed E-state index contributed by atoms with van der Waals surface area (Å²) in [5.41, 5.74) is 37.3. The summed E-state index contributed by atoms with van der Waals surface area (Å²) in [6.07, 6.45) is 0. The highest BCUT2D eigenvalue weighted by atomic mass is 16.5. The molecule has 23 rings (SSSR count). The van der Waals surface area contributed by atoms with Gasteiger partial charge in [-0.2, -0.15) is 0 Å². The monoisotopic (exact) mass is 1630 g/mol. The zero-order valence-electron chi connectivity index (χ0n) is 71.8. The van der Waals surface area contributed by atoms with Gasteiger partial charge in [-0.1, -0.05) is 194 Å². The van der Waals surface area contributed by atoms with E-state index in [4.69, 9.17) is 37.9 Å². The molecule has 0 spiro atoms. The second kappa shape index (κ2) is 30.6. The van der Waals surface area contributed by atoms with Gasteiger partial charge in [0.05, 0.1) is 52.9 Å². The van der Waals surface area contributed by atoms with Crippen LogP contribution in [0.1, 0.15) is 55.4 Å². The zero-order chi connectivity index (χ0) is 84.7. The third-order valence-electron chi connectivity index (χ3n) is 26.3. The van der Waals surface area contributed by atoms with Crippen LogP contribution in [0.4, 0.5) is 0 Å². The molecule has 4 aliphatic rings. The minimum Gasteiger partial charge on any atom is -0.494 e. The van der Waals surface area contributed by atoms with Crippen LogP contribution < -0.4 is 37.9 Å². The quantitative estimate of drug-likeness (QED) is 0.0554. The Morgan fingerprint density at radius 3 is 0.389 bits per heavy atom. The minimum atomic E-state index is 0.538. The molecule has 126 heavy (non-hydrogen) atoms. The minimum absolute atomic E-state index is 0.538. The molecule has 0 amide bonds. The van der Waals surface area contributed by atoms with Crippen LogP contribution in [0.15, 0.2) is 303 Å². The molecule has 8 nitrogen and oxygen atoms in total. The molecule has 0 saturated heterocycles. The highest BCUT2D eigenvalue weighted by Gasteiger charge is 2.41. The maximum Gasteiger partial charge on any atom is 0.119 e. The Hall–Kier alpha value is -14.9. The molecule has 0 saturated carbocycles. The molecule has 0 heterocycles. The van der Waals surface area contributed by atoms with E-state index in [9.17, 15) is 0 Å². The average Bonchev–Trinajstić information content (AvgIpc) is 1.48. The van der Waals surface area contributed by atoms with Crippen LogP contribution >= 0.6 is 0 Å². The summed E-state index contributed by atoms with van der Waals surface area (Å²) in [6, 6.07) is 114. The smallest absolute Gasteiger partial charge is 0.119 e. The van der Waals surface area contributed by atoms with Gasteiger partial charge in [0, 0.05) is 0 Å². The van der Waals surface area contributed by atoms with Crippen molar-refractivity contribution in [2.24, 2.45) is 0 Å². The predicted molar refractivity (Wildman–Crippen MR) is 522 cm³/mol. The summed E-state index contributed by atoms with van der Waals surface area (Å²) in [5.74, 6) is 6.63. The van der Waals surface area contributed by atoms with E-state index in [0.717, 1.165) is 134 Å². The molecular formula is C118H90O8. The molecule has 4 aliphatic carbocycles. The Morgan fingerprint density at radius 2 is 0.262 bits per heavy atom. The van der Waals surface area contributed by atoms with Crippen molar-refractivity contribution < 1.29 is 37.9 Å². The number of ether oxygens (including phenoxy) is 8. The van der Waals surface area contributed by atoms with Crippen LogP contribution in [-0.4, -0.2) is 52.9 Å². The Balaban J connectivity index is 0.861. The third kappa shape index (κ3) is 11.6. The fraction of sp³-hybridized carbons (Fsp3) is 0.136. The van der Waals surface area contributed by atoms with Crippen molar-refractivity contribution in [3.8, 4) is 224 Å². The summed E-state index contributed by atoms with van der Waals surface area (Å²) in [6.45, 7) is 20.9. The molecule has 0 N–H and O–H groups in total. The summed E-state index contributed by atoms with van der Waals surface area (Å²) in [7, 11) is 0. The van der Waals surface area contributed by atoms with Crippen molar-refractivity contribution in [3.63, 3.8) is 0 Å². The van der Waals surface area contributed by atoms with E-state index in [1.165, 1.54) is 154 Å². The van der Waals surface area contributed by atoms with Gasteiger partial charge in [-0.25, -0.2) is 0 Å².